The molecule has 0 aliphatic rings. The third kappa shape index (κ3) is 3.13. The molecular weight excluding hydrogens is 314 g/mol. The first kappa shape index (κ1) is 16.8. The van der Waals surface area contributed by atoms with Gasteiger partial charge in [-0.15, -0.1) is 0 Å². The topological polar surface area (TPSA) is 58.4 Å². The minimum atomic E-state index is -0.450. The molecule has 0 aliphatic heterocycles. The van der Waals surface area contributed by atoms with E-state index in [1.54, 1.807) is 14.0 Å². The van der Waals surface area contributed by atoms with Crippen LogP contribution in [0.1, 0.15) is 22.9 Å². The van der Waals surface area contributed by atoms with Gasteiger partial charge in [0.2, 0.25) is 11.7 Å². The molecule has 0 saturated heterocycles. The molecule has 128 valence electrons. The molecule has 0 fully saturated rings. The maximum Gasteiger partial charge on any atom is 0.297 e. The molecule has 0 spiro atoms. The summed E-state index contributed by atoms with van der Waals surface area (Å²) < 4.78 is 1.38. The fourth-order valence-corrected chi connectivity index (χ4v) is 3.02. The number of aromatic hydroxyl groups is 1. The second-order valence-electron chi connectivity index (χ2n) is 6.04. The van der Waals surface area contributed by atoms with Crippen molar-refractivity contribution < 1.29 is 5.11 Å². The molecule has 2 aromatic carbocycles. The van der Waals surface area contributed by atoms with Crippen molar-refractivity contribution in [1.29, 1.82) is 0 Å². The Balaban J connectivity index is 2.16. The van der Waals surface area contributed by atoms with E-state index in [0.717, 1.165) is 11.1 Å². The third-order valence-electron chi connectivity index (χ3n) is 4.35. The number of rotatable bonds is 4. The van der Waals surface area contributed by atoms with Crippen LogP contribution in [-0.2, 0) is 7.05 Å². The van der Waals surface area contributed by atoms with Crippen LogP contribution in [-0.4, -0.2) is 21.7 Å². The minimum absolute atomic E-state index is 0.107. The van der Waals surface area contributed by atoms with Crippen molar-refractivity contribution in [2.75, 3.05) is 11.9 Å². The summed E-state index contributed by atoms with van der Waals surface area (Å²) in [5, 5.41) is 9.85. The molecule has 3 rings (SSSR count). The van der Waals surface area contributed by atoms with Crippen molar-refractivity contribution in [2.45, 2.75) is 13.0 Å². The Bertz CT molecular complexity index is 881. The Hall–Kier alpha value is -3.08. The summed E-state index contributed by atoms with van der Waals surface area (Å²) in [6, 6.07) is 20.0. The number of hydrogen-bond acceptors (Lipinski definition) is 4. The summed E-state index contributed by atoms with van der Waals surface area (Å²) >= 11 is 0. The van der Waals surface area contributed by atoms with Gasteiger partial charge in [-0.2, -0.15) is 0 Å². The highest BCUT2D eigenvalue weighted by Crippen LogP contribution is 2.30. The fraction of sp³-hybridized carbons (Fsp3) is 0.200. The first-order chi connectivity index (χ1) is 12.0. The Morgan fingerprint density at radius 2 is 1.48 bits per heavy atom. The monoisotopic (exact) mass is 335 g/mol. The Kier molecular flexibility index (Phi) is 4.57. The van der Waals surface area contributed by atoms with E-state index in [2.05, 4.69) is 29.2 Å². The van der Waals surface area contributed by atoms with Gasteiger partial charge < -0.3 is 10.0 Å². The van der Waals surface area contributed by atoms with Gasteiger partial charge in [0.25, 0.3) is 5.56 Å². The molecule has 3 aromatic rings. The third-order valence-corrected chi connectivity index (χ3v) is 4.35. The van der Waals surface area contributed by atoms with Crippen LogP contribution >= 0.6 is 0 Å². The number of aryl methyl sites for hydroxylation is 1. The van der Waals surface area contributed by atoms with Gasteiger partial charge >= 0.3 is 0 Å². The summed E-state index contributed by atoms with van der Waals surface area (Å²) in [7, 11) is 3.52. The predicted molar refractivity (Wildman–Crippen MR) is 99.0 cm³/mol. The summed E-state index contributed by atoms with van der Waals surface area (Å²) in [6.45, 7) is 1.63. The van der Waals surface area contributed by atoms with Gasteiger partial charge in [0.15, 0.2) is 0 Å². The smallest absolute Gasteiger partial charge is 0.297 e. The van der Waals surface area contributed by atoms with Gasteiger partial charge in [0.05, 0.1) is 11.7 Å². The number of benzene rings is 2. The highest BCUT2D eigenvalue weighted by atomic mass is 16.3. The highest BCUT2D eigenvalue weighted by Gasteiger charge is 2.23. The molecule has 0 amide bonds. The van der Waals surface area contributed by atoms with Crippen LogP contribution in [0.2, 0.25) is 0 Å². The van der Waals surface area contributed by atoms with E-state index in [1.807, 2.05) is 48.3 Å². The molecule has 0 unspecified atom stereocenters. The lowest BCUT2D eigenvalue weighted by Crippen LogP contribution is -2.32. The molecular formula is C20H21N3O2. The van der Waals surface area contributed by atoms with E-state index in [4.69, 9.17) is 0 Å². The molecule has 0 saturated carbocycles. The Morgan fingerprint density at radius 3 is 1.96 bits per heavy atom. The lowest BCUT2D eigenvalue weighted by molar-refractivity contribution is 0.451. The number of anilines is 1. The van der Waals surface area contributed by atoms with Crippen LogP contribution < -0.4 is 10.5 Å². The highest BCUT2D eigenvalue weighted by molar-refractivity contribution is 5.45. The SMILES string of the molecule is Cc1nc(N(C)C(c2ccccc2)c2ccccc2)n(C)c(=O)c1O. The number of hydrogen-bond donors (Lipinski definition) is 1. The zero-order chi connectivity index (χ0) is 18.0. The first-order valence-corrected chi connectivity index (χ1v) is 8.10. The Morgan fingerprint density at radius 1 is 1.00 bits per heavy atom. The molecule has 1 aromatic heterocycles. The van der Waals surface area contributed by atoms with Crippen molar-refractivity contribution in [1.82, 2.24) is 9.55 Å². The average Bonchev–Trinajstić information content (AvgIpc) is 2.65. The summed E-state index contributed by atoms with van der Waals surface area (Å²) in [5.41, 5.74) is 2.06. The van der Waals surface area contributed by atoms with E-state index in [-0.39, 0.29) is 11.8 Å². The number of nitrogens with zero attached hydrogens (tertiary/aromatic N) is 3. The van der Waals surface area contributed by atoms with Crippen LogP contribution in [0.4, 0.5) is 5.95 Å². The van der Waals surface area contributed by atoms with Crippen molar-refractivity contribution in [2.24, 2.45) is 7.05 Å². The second kappa shape index (κ2) is 6.81. The predicted octanol–water partition coefficient (Wildman–Crippen LogP) is 3.02. The van der Waals surface area contributed by atoms with Crippen molar-refractivity contribution in [3.05, 3.63) is 87.8 Å². The average molecular weight is 335 g/mol. The van der Waals surface area contributed by atoms with Crippen molar-refractivity contribution in [3.8, 4) is 5.75 Å². The van der Waals surface area contributed by atoms with Crippen LogP contribution in [0, 0.1) is 6.92 Å². The molecule has 5 nitrogen and oxygen atoms in total. The molecule has 0 radical (unpaired) electrons. The quantitative estimate of drug-likeness (QED) is 0.796. The zero-order valence-electron chi connectivity index (χ0n) is 14.5. The van der Waals surface area contributed by atoms with E-state index >= 15 is 0 Å². The van der Waals surface area contributed by atoms with Gasteiger partial charge in [0.1, 0.15) is 0 Å². The lowest BCUT2D eigenvalue weighted by Gasteiger charge is -2.31. The van der Waals surface area contributed by atoms with Crippen LogP contribution in [0.25, 0.3) is 0 Å². The molecule has 5 heteroatoms. The number of aromatic nitrogens is 2. The van der Waals surface area contributed by atoms with E-state index in [0.29, 0.717) is 11.6 Å². The standard InChI is InChI=1S/C20H21N3O2/c1-14-18(24)19(25)23(3)20(21-14)22(2)17(15-10-6-4-7-11-15)16-12-8-5-9-13-16/h4-13,17,24H,1-3H3. The van der Waals surface area contributed by atoms with E-state index < -0.39 is 5.56 Å². The van der Waals surface area contributed by atoms with Gasteiger partial charge in [-0.05, 0) is 18.1 Å². The summed E-state index contributed by atoms with van der Waals surface area (Å²) in [5.74, 6) is 0.189. The van der Waals surface area contributed by atoms with Gasteiger partial charge in [-0.3, -0.25) is 9.36 Å². The van der Waals surface area contributed by atoms with Gasteiger partial charge in [0, 0.05) is 14.1 Å². The van der Waals surface area contributed by atoms with Gasteiger partial charge in [-0.1, -0.05) is 60.7 Å². The van der Waals surface area contributed by atoms with Crippen LogP contribution in [0.15, 0.2) is 65.5 Å². The second-order valence-corrected chi connectivity index (χ2v) is 6.04. The van der Waals surface area contributed by atoms with E-state index in [9.17, 15) is 9.90 Å². The van der Waals surface area contributed by atoms with E-state index in [1.165, 1.54) is 4.57 Å². The molecule has 0 atom stereocenters. The van der Waals surface area contributed by atoms with Gasteiger partial charge in [-0.25, -0.2) is 4.98 Å². The maximum atomic E-state index is 12.3. The molecule has 25 heavy (non-hydrogen) atoms. The maximum absolute atomic E-state index is 12.3. The molecule has 0 aliphatic carbocycles. The first-order valence-electron chi connectivity index (χ1n) is 8.10. The molecule has 1 heterocycles. The fourth-order valence-electron chi connectivity index (χ4n) is 3.02. The van der Waals surface area contributed by atoms with Crippen molar-refractivity contribution in [3.63, 3.8) is 0 Å². The minimum Gasteiger partial charge on any atom is -0.502 e. The Labute approximate surface area is 146 Å². The largest absolute Gasteiger partial charge is 0.502 e. The van der Waals surface area contributed by atoms with Crippen molar-refractivity contribution >= 4 is 5.95 Å². The lowest BCUT2D eigenvalue weighted by atomic mass is 9.98. The zero-order valence-corrected chi connectivity index (χ0v) is 14.5. The molecule has 0 bridgehead atoms. The molecule has 1 N–H and O–H groups in total. The van der Waals surface area contributed by atoms with Crippen LogP contribution in [0.5, 0.6) is 5.75 Å². The normalized spacial score (nSPS) is 10.9. The van der Waals surface area contributed by atoms with Crippen LogP contribution in [0.3, 0.4) is 0 Å². The summed E-state index contributed by atoms with van der Waals surface area (Å²) in [6.07, 6.45) is 0. The summed E-state index contributed by atoms with van der Waals surface area (Å²) in [4.78, 5) is 18.7.